The second-order valence-electron chi connectivity index (χ2n) is 7.16. The van der Waals surface area contributed by atoms with Crippen molar-refractivity contribution >= 4 is 0 Å². The van der Waals surface area contributed by atoms with Crippen molar-refractivity contribution in [2.75, 3.05) is 0 Å². The average molecular weight is 197 g/mol. The smallest absolute Gasteiger partial charge is 0.0126 e. The van der Waals surface area contributed by atoms with Crippen LogP contribution in [0.15, 0.2) is 0 Å². The van der Waals surface area contributed by atoms with E-state index in [2.05, 4.69) is 34.6 Å². The first kappa shape index (κ1) is 12.0. The molecule has 2 N–H and O–H groups in total. The molecule has 0 radical (unpaired) electrons. The summed E-state index contributed by atoms with van der Waals surface area (Å²) in [4.78, 5) is 0. The summed E-state index contributed by atoms with van der Waals surface area (Å²) < 4.78 is 0. The van der Waals surface area contributed by atoms with Gasteiger partial charge in [-0.3, -0.25) is 0 Å². The lowest BCUT2D eigenvalue weighted by atomic mass is 9.65. The van der Waals surface area contributed by atoms with Gasteiger partial charge in [-0.25, -0.2) is 0 Å². The number of hydrogen-bond acceptors (Lipinski definition) is 1. The lowest BCUT2D eigenvalue weighted by Crippen LogP contribution is -2.41. The fraction of sp³-hybridized carbons (Fsp3) is 1.00. The van der Waals surface area contributed by atoms with E-state index in [1.54, 1.807) is 0 Å². The van der Waals surface area contributed by atoms with Gasteiger partial charge < -0.3 is 5.73 Å². The second-order valence-corrected chi connectivity index (χ2v) is 7.16. The lowest BCUT2D eigenvalue weighted by Gasteiger charge is -2.42. The number of nitrogens with two attached hydrogens (primary N) is 1. The molecule has 0 aliphatic heterocycles. The van der Waals surface area contributed by atoms with E-state index in [4.69, 9.17) is 5.73 Å². The van der Waals surface area contributed by atoms with Crippen molar-refractivity contribution in [2.24, 2.45) is 16.6 Å². The molecule has 1 aliphatic carbocycles. The van der Waals surface area contributed by atoms with Crippen molar-refractivity contribution in [1.29, 1.82) is 0 Å². The second kappa shape index (κ2) is 3.52. The minimum atomic E-state index is 0.0644. The maximum atomic E-state index is 6.29. The Morgan fingerprint density at radius 1 is 0.714 bits per heavy atom. The highest BCUT2D eigenvalue weighted by molar-refractivity contribution is 4.90. The van der Waals surface area contributed by atoms with Crippen LogP contribution in [0.25, 0.3) is 0 Å². The van der Waals surface area contributed by atoms with E-state index in [0.29, 0.717) is 10.8 Å². The molecule has 1 heteroatoms. The van der Waals surface area contributed by atoms with Crippen molar-refractivity contribution in [2.45, 2.75) is 72.3 Å². The summed E-state index contributed by atoms with van der Waals surface area (Å²) in [5.74, 6) is 0. The molecular formula is C13H27N. The van der Waals surface area contributed by atoms with Crippen LogP contribution in [0.5, 0.6) is 0 Å². The monoisotopic (exact) mass is 197 g/mol. The standard InChI is InChI=1S/C13H27N/c1-11(2)6-8-13(5,14)9-7-12(3,4)10-11/h6-10,14H2,1-5H3. The zero-order chi connectivity index (χ0) is 11.0. The van der Waals surface area contributed by atoms with E-state index in [-0.39, 0.29) is 5.54 Å². The van der Waals surface area contributed by atoms with E-state index < -0.39 is 0 Å². The van der Waals surface area contributed by atoms with Crippen molar-refractivity contribution in [3.8, 4) is 0 Å². The predicted molar refractivity (Wildman–Crippen MR) is 63.2 cm³/mol. The molecule has 1 nitrogen and oxygen atoms in total. The van der Waals surface area contributed by atoms with Gasteiger partial charge in [0.25, 0.3) is 0 Å². The molecule has 1 aliphatic rings. The van der Waals surface area contributed by atoms with Crippen LogP contribution in [-0.4, -0.2) is 5.54 Å². The van der Waals surface area contributed by atoms with E-state index in [1.165, 1.54) is 32.1 Å². The van der Waals surface area contributed by atoms with Gasteiger partial charge in [-0.1, -0.05) is 27.7 Å². The quantitative estimate of drug-likeness (QED) is 0.629. The molecule has 0 amide bonds. The summed E-state index contributed by atoms with van der Waals surface area (Å²) in [6.07, 6.45) is 6.22. The van der Waals surface area contributed by atoms with Gasteiger partial charge in [0.1, 0.15) is 0 Å². The summed E-state index contributed by atoms with van der Waals surface area (Å²) in [6, 6.07) is 0. The minimum Gasteiger partial charge on any atom is -0.325 e. The molecule has 0 aromatic rings. The summed E-state index contributed by atoms with van der Waals surface area (Å²) in [5.41, 5.74) is 7.28. The van der Waals surface area contributed by atoms with Gasteiger partial charge in [-0.2, -0.15) is 0 Å². The molecule has 0 atom stereocenters. The Morgan fingerprint density at radius 3 is 1.43 bits per heavy atom. The molecule has 0 spiro atoms. The minimum absolute atomic E-state index is 0.0644. The van der Waals surface area contributed by atoms with Crippen LogP contribution >= 0.6 is 0 Å². The third-order valence-electron chi connectivity index (χ3n) is 3.70. The highest BCUT2D eigenvalue weighted by atomic mass is 14.7. The zero-order valence-electron chi connectivity index (χ0n) is 10.6. The Morgan fingerprint density at radius 2 is 1.07 bits per heavy atom. The maximum Gasteiger partial charge on any atom is 0.0126 e. The Hall–Kier alpha value is -0.0400. The van der Waals surface area contributed by atoms with Crippen molar-refractivity contribution in [3.05, 3.63) is 0 Å². The molecular weight excluding hydrogens is 170 g/mol. The molecule has 0 aromatic heterocycles. The van der Waals surface area contributed by atoms with Gasteiger partial charge in [0.15, 0.2) is 0 Å². The van der Waals surface area contributed by atoms with E-state index >= 15 is 0 Å². The largest absolute Gasteiger partial charge is 0.325 e. The fourth-order valence-corrected chi connectivity index (χ4v) is 2.85. The van der Waals surface area contributed by atoms with Gasteiger partial charge >= 0.3 is 0 Å². The molecule has 0 unspecified atom stereocenters. The van der Waals surface area contributed by atoms with Crippen LogP contribution in [0.3, 0.4) is 0 Å². The van der Waals surface area contributed by atoms with Crippen LogP contribution in [0.2, 0.25) is 0 Å². The molecule has 84 valence electrons. The van der Waals surface area contributed by atoms with E-state index in [0.717, 1.165) is 0 Å². The Labute approximate surface area is 89.5 Å². The average Bonchev–Trinajstić information content (AvgIpc) is 1.96. The SMILES string of the molecule is CC1(C)CCC(C)(N)CCC(C)(C)C1. The van der Waals surface area contributed by atoms with Gasteiger partial charge in [-0.15, -0.1) is 0 Å². The summed E-state index contributed by atoms with van der Waals surface area (Å²) in [7, 11) is 0. The fourth-order valence-electron chi connectivity index (χ4n) is 2.85. The normalized spacial score (nSPS) is 30.4. The molecule has 0 saturated heterocycles. The Balaban J connectivity index is 2.75. The third-order valence-corrected chi connectivity index (χ3v) is 3.70. The Bertz CT molecular complexity index is 181. The van der Waals surface area contributed by atoms with Crippen molar-refractivity contribution < 1.29 is 0 Å². The first-order chi connectivity index (χ1) is 6.12. The highest BCUT2D eigenvalue weighted by Crippen LogP contribution is 2.44. The molecule has 0 aromatic carbocycles. The van der Waals surface area contributed by atoms with E-state index in [9.17, 15) is 0 Å². The van der Waals surface area contributed by atoms with Crippen molar-refractivity contribution in [1.82, 2.24) is 0 Å². The first-order valence-electron chi connectivity index (χ1n) is 5.91. The van der Waals surface area contributed by atoms with Gasteiger partial charge in [0, 0.05) is 5.54 Å². The lowest BCUT2D eigenvalue weighted by molar-refractivity contribution is 0.120. The van der Waals surface area contributed by atoms with Gasteiger partial charge in [0.2, 0.25) is 0 Å². The number of hydrogen-bond donors (Lipinski definition) is 1. The topological polar surface area (TPSA) is 26.0 Å². The molecule has 1 saturated carbocycles. The molecule has 1 rings (SSSR count). The van der Waals surface area contributed by atoms with Crippen LogP contribution in [-0.2, 0) is 0 Å². The Kier molecular flexibility index (Phi) is 3.02. The zero-order valence-corrected chi connectivity index (χ0v) is 10.6. The molecule has 0 heterocycles. The molecule has 14 heavy (non-hydrogen) atoms. The first-order valence-corrected chi connectivity index (χ1v) is 5.91. The van der Waals surface area contributed by atoms with Crippen LogP contribution < -0.4 is 5.73 Å². The summed E-state index contributed by atoms with van der Waals surface area (Å²) in [5, 5.41) is 0. The van der Waals surface area contributed by atoms with Gasteiger partial charge in [-0.05, 0) is 49.9 Å². The predicted octanol–water partition coefficient (Wildman–Crippen LogP) is 3.72. The molecule has 0 bridgehead atoms. The van der Waals surface area contributed by atoms with Gasteiger partial charge in [0.05, 0.1) is 0 Å². The third kappa shape index (κ3) is 3.61. The van der Waals surface area contributed by atoms with Crippen molar-refractivity contribution in [3.63, 3.8) is 0 Å². The van der Waals surface area contributed by atoms with Crippen LogP contribution in [0, 0.1) is 10.8 Å². The van der Waals surface area contributed by atoms with E-state index in [1.807, 2.05) is 0 Å². The van der Waals surface area contributed by atoms with Crippen LogP contribution in [0.4, 0.5) is 0 Å². The highest BCUT2D eigenvalue weighted by Gasteiger charge is 2.34. The maximum absolute atomic E-state index is 6.29. The molecule has 1 fully saturated rings. The summed E-state index contributed by atoms with van der Waals surface area (Å²) in [6.45, 7) is 11.8. The number of rotatable bonds is 0. The van der Waals surface area contributed by atoms with Crippen LogP contribution in [0.1, 0.15) is 66.7 Å². The summed E-state index contributed by atoms with van der Waals surface area (Å²) >= 11 is 0.